The van der Waals surface area contributed by atoms with Crippen LogP contribution in [-0.4, -0.2) is 71.4 Å². The van der Waals surface area contributed by atoms with Gasteiger partial charge in [0.2, 0.25) is 5.91 Å². The Morgan fingerprint density at radius 2 is 1.46 bits per heavy atom. The summed E-state index contributed by atoms with van der Waals surface area (Å²) < 4.78 is 0. The second kappa shape index (κ2) is 7.72. The molecular formula is C18H32N4O2. The van der Waals surface area contributed by atoms with E-state index in [1.165, 1.54) is 6.42 Å². The van der Waals surface area contributed by atoms with Gasteiger partial charge in [0.25, 0.3) is 0 Å². The Hall–Kier alpha value is -1.30. The van der Waals surface area contributed by atoms with Gasteiger partial charge in [-0.2, -0.15) is 0 Å². The van der Waals surface area contributed by atoms with Crippen LogP contribution in [0.1, 0.15) is 51.9 Å². The molecule has 6 heteroatoms. The van der Waals surface area contributed by atoms with Crippen molar-refractivity contribution in [2.24, 2.45) is 11.7 Å². The molecule has 0 aromatic heterocycles. The maximum atomic E-state index is 13.0. The zero-order valence-electron chi connectivity index (χ0n) is 15.0. The van der Waals surface area contributed by atoms with Crippen molar-refractivity contribution in [2.75, 3.05) is 32.7 Å². The predicted molar refractivity (Wildman–Crippen MR) is 93.5 cm³/mol. The third-order valence-electron chi connectivity index (χ3n) is 5.93. The van der Waals surface area contributed by atoms with Crippen LogP contribution >= 0.6 is 0 Å². The number of carbonyl (C=O) groups is 2. The zero-order valence-corrected chi connectivity index (χ0v) is 15.0. The molecule has 0 radical (unpaired) electrons. The van der Waals surface area contributed by atoms with E-state index in [-0.39, 0.29) is 29.9 Å². The average molecular weight is 336 g/mol. The fraction of sp³-hybridized carbons (Fsp3) is 0.889. The summed E-state index contributed by atoms with van der Waals surface area (Å²) in [6.07, 6.45) is 7.10. The lowest BCUT2D eigenvalue weighted by atomic mass is 9.91. The van der Waals surface area contributed by atoms with Crippen molar-refractivity contribution in [3.05, 3.63) is 0 Å². The average Bonchev–Trinajstić information content (AvgIpc) is 3.15. The Bertz CT molecular complexity index is 454. The minimum Gasteiger partial charge on any atom is -0.338 e. The van der Waals surface area contributed by atoms with Gasteiger partial charge >= 0.3 is 6.03 Å². The SMILES string of the molecule is CC(N)C1CCCCN1C(=O)C1CCN(C(=O)N2CCCC2)CC1. The number of piperidine rings is 2. The highest BCUT2D eigenvalue weighted by Gasteiger charge is 2.36. The number of nitrogens with zero attached hydrogens (tertiary/aromatic N) is 3. The van der Waals surface area contributed by atoms with Crippen LogP contribution in [-0.2, 0) is 4.79 Å². The highest BCUT2D eigenvalue weighted by molar-refractivity contribution is 5.80. The number of amides is 3. The van der Waals surface area contributed by atoms with E-state index in [0.29, 0.717) is 13.1 Å². The van der Waals surface area contributed by atoms with Crippen LogP contribution in [0.3, 0.4) is 0 Å². The largest absolute Gasteiger partial charge is 0.338 e. The first-order chi connectivity index (χ1) is 11.6. The first-order valence-electron chi connectivity index (χ1n) is 9.68. The van der Waals surface area contributed by atoms with Crippen molar-refractivity contribution in [3.63, 3.8) is 0 Å². The topological polar surface area (TPSA) is 69.9 Å². The summed E-state index contributed by atoms with van der Waals surface area (Å²) in [5.41, 5.74) is 6.10. The van der Waals surface area contributed by atoms with E-state index in [9.17, 15) is 9.59 Å². The van der Waals surface area contributed by atoms with E-state index in [2.05, 4.69) is 0 Å². The Balaban J connectivity index is 1.53. The molecule has 0 aliphatic carbocycles. The zero-order chi connectivity index (χ0) is 17.1. The molecule has 0 aromatic rings. The molecular weight excluding hydrogens is 304 g/mol. The summed E-state index contributed by atoms with van der Waals surface area (Å²) in [7, 11) is 0. The van der Waals surface area contributed by atoms with Gasteiger partial charge in [-0.05, 0) is 51.9 Å². The highest BCUT2D eigenvalue weighted by atomic mass is 16.2. The molecule has 2 N–H and O–H groups in total. The number of hydrogen-bond donors (Lipinski definition) is 1. The standard InChI is InChI=1S/C18H32N4O2/c1-14(19)16-6-2-3-11-22(16)17(23)15-7-12-21(13-8-15)18(24)20-9-4-5-10-20/h14-16H,2-13,19H2,1H3. The molecule has 3 fully saturated rings. The molecule has 0 bridgehead atoms. The normalized spacial score (nSPS) is 27.4. The van der Waals surface area contributed by atoms with Crippen LogP contribution in [0.2, 0.25) is 0 Å². The van der Waals surface area contributed by atoms with Gasteiger partial charge in [0, 0.05) is 50.7 Å². The molecule has 136 valence electrons. The van der Waals surface area contributed by atoms with Crippen molar-refractivity contribution >= 4 is 11.9 Å². The molecule has 2 unspecified atom stereocenters. The molecule has 24 heavy (non-hydrogen) atoms. The van der Waals surface area contributed by atoms with Gasteiger partial charge in [-0.1, -0.05) is 0 Å². The third kappa shape index (κ3) is 3.68. The van der Waals surface area contributed by atoms with Crippen LogP contribution in [0.4, 0.5) is 4.79 Å². The molecule has 3 heterocycles. The van der Waals surface area contributed by atoms with Gasteiger partial charge < -0.3 is 20.4 Å². The first kappa shape index (κ1) is 17.5. The smallest absolute Gasteiger partial charge is 0.319 e. The van der Waals surface area contributed by atoms with Crippen LogP contribution in [0.5, 0.6) is 0 Å². The molecule has 2 atom stereocenters. The molecule has 0 spiro atoms. The Morgan fingerprint density at radius 3 is 2.08 bits per heavy atom. The van der Waals surface area contributed by atoms with E-state index in [0.717, 1.165) is 58.2 Å². The number of carbonyl (C=O) groups excluding carboxylic acids is 2. The molecule has 6 nitrogen and oxygen atoms in total. The van der Waals surface area contributed by atoms with Crippen molar-refractivity contribution in [3.8, 4) is 0 Å². The fourth-order valence-corrected chi connectivity index (χ4v) is 4.44. The number of nitrogens with two attached hydrogens (primary N) is 1. The third-order valence-corrected chi connectivity index (χ3v) is 5.93. The van der Waals surface area contributed by atoms with Crippen LogP contribution in [0.15, 0.2) is 0 Å². The van der Waals surface area contributed by atoms with Crippen LogP contribution < -0.4 is 5.73 Å². The summed E-state index contributed by atoms with van der Waals surface area (Å²) in [4.78, 5) is 31.4. The van der Waals surface area contributed by atoms with Gasteiger partial charge in [0.05, 0.1) is 0 Å². The van der Waals surface area contributed by atoms with Gasteiger partial charge in [-0.15, -0.1) is 0 Å². The Labute approximate surface area is 145 Å². The summed E-state index contributed by atoms with van der Waals surface area (Å²) in [6.45, 7) is 6.06. The molecule has 3 aliphatic rings. The minimum absolute atomic E-state index is 0.0334. The summed E-state index contributed by atoms with van der Waals surface area (Å²) in [5.74, 6) is 0.331. The van der Waals surface area contributed by atoms with Gasteiger partial charge in [0.15, 0.2) is 0 Å². The minimum atomic E-state index is 0.0334. The number of likely N-dealkylation sites (tertiary alicyclic amines) is 3. The number of urea groups is 1. The fourth-order valence-electron chi connectivity index (χ4n) is 4.44. The maximum absolute atomic E-state index is 13.0. The number of hydrogen-bond acceptors (Lipinski definition) is 3. The maximum Gasteiger partial charge on any atom is 0.319 e. The van der Waals surface area contributed by atoms with E-state index in [1.807, 2.05) is 21.6 Å². The van der Waals surface area contributed by atoms with Crippen molar-refractivity contribution in [2.45, 2.75) is 64.0 Å². The van der Waals surface area contributed by atoms with Crippen LogP contribution in [0, 0.1) is 5.92 Å². The first-order valence-corrected chi connectivity index (χ1v) is 9.68. The van der Waals surface area contributed by atoms with Crippen molar-refractivity contribution < 1.29 is 9.59 Å². The molecule has 0 saturated carbocycles. The summed E-state index contributed by atoms with van der Waals surface area (Å²) in [5, 5.41) is 0. The lowest BCUT2D eigenvalue weighted by molar-refractivity contribution is -0.141. The molecule has 0 aromatic carbocycles. The lowest BCUT2D eigenvalue weighted by Gasteiger charge is -2.41. The van der Waals surface area contributed by atoms with E-state index in [1.54, 1.807) is 0 Å². The van der Waals surface area contributed by atoms with Crippen molar-refractivity contribution in [1.82, 2.24) is 14.7 Å². The number of rotatable bonds is 2. The molecule has 3 amide bonds. The Morgan fingerprint density at radius 1 is 0.875 bits per heavy atom. The van der Waals surface area contributed by atoms with Crippen LogP contribution in [0.25, 0.3) is 0 Å². The summed E-state index contributed by atoms with van der Waals surface area (Å²) in [6, 6.07) is 0.395. The quantitative estimate of drug-likeness (QED) is 0.833. The molecule has 3 rings (SSSR count). The van der Waals surface area contributed by atoms with Crippen molar-refractivity contribution in [1.29, 1.82) is 0 Å². The van der Waals surface area contributed by atoms with E-state index >= 15 is 0 Å². The second-order valence-corrected chi connectivity index (χ2v) is 7.69. The van der Waals surface area contributed by atoms with Gasteiger partial charge in [0.1, 0.15) is 0 Å². The Kier molecular flexibility index (Phi) is 5.64. The van der Waals surface area contributed by atoms with E-state index < -0.39 is 0 Å². The predicted octanol–water partition coefficient (Wildman–Crippen LogP) is 1.64. The lowest BCUT2D eigenvalue weighted by Crippen LogP contribution is -2.55. The molecule has 3 aliphatic heterocycles. The summed E-state index contributed by atoms with van der Waals surface area (Å²) >= 11 is 0. The monoisotopic (exact) mass is 336 g/mol. The second-order valence-electron chi connectivity index (χ2n) is 7.69. The van der Waals surface area contributed by atoms with Gasteiger partial charge in [-0.25, -0.2) is 4.79 Å². The van der Waals surface area contributed by atoms with E-state index in [4.69, 9.17) is 5.73 Å². The highest BCUT2D eigenvalue weighted by Crippen LogP contribution is 2.26. The molecule has 3 saturated heterocycles. The van der Waals surface area contributed by atoms with Gasteiger partial charge in [-0.3, -0.25) is 4.79 Å².